The van der Waals surface area contributed by atoms with E-state index in [1.165, 1.54) is 4.21 Å². The van der Waals surface area contributed by atoms with Crippen molar-refractivity contribution in [2.75, 3.05) is 0 Å². The number of halogens is 2. The van der Waals surface area contributed by atoms with Crippen LogP contribution in [0.1, 0.15) is 0 Å². The second kappa shape index (κ2) is 7.26. The number of hydrogen-bond donors (Lipinski definition) is 1. The van der Waals surface area contributed by atoms with Crippen LogP contribution in [0.3, 0.4) is 0 Å². The molecule has 0 unspecified atom stereocenters. The molecule has 0 aliphatic carbocycles. The number of hydrogen-bond acceptors (Lipinski definition) is 3. The molecule has 0 amide bonds. The number of imidazole rings is 1. The van der Waals surface area contributed by atoms with Gasteiger partial charge in [-0.25, -0.2) is 4.98 Å². The predicted molar refractivity (Wildman–Crippen MR) is 108 cm³/mol. The third-order valence-electron chi connectivity index (χ3n) is 3.62. The SMILES string of the molecule is Clc1ccc(-c2nc(Sc3cccs3)[nH]c2-c2ccc(Cl)cc2)cc1. The van der Waals surface area contributed by atoms with E-state index in [0.717, 1.165) is 27.7 Å². The van der Waals surface area contributed by atoms with E-state index >= 15 is 0 Å². The summed E-state index contributed by atoms with van der Waals surface area (Å²) in [5.74, 6) is 0. The average Bonchev–Trinajstić information content (AvgIpc) is 3.27. The van der Waals surface area contributed by atoms with Crippen molar-refractivity contribution in [3.63, 3.8) is 0 Å². The summed E-state index contributed by atoms with van der Waals surface area (Å²) in [6, 6.07) is 19.6. The van der Waals surface area contributed by atoms with Crippen LogP contribution in [0.25, 0.3) is 22.5 Å². The van der Waals surface area contributed by atoms with Crippen molar-refractivity contribution in [1.82, 2.24) is 9.97 Å². The largest absolute Gasteiger partial charge is 0.332 e. The van der Waals surface area contributed by atoms with Crippen LogP contribution in [0.5, 0.6) is 0 Å². The molecular formula is C19H12Cl2N2S2. The zero-order valence-corrected chi connectivity index (χ0v) is 16.0. The lowest BCUT2D eigenvalue weighted by Crippen LogP contribution is -1.83. The van der Waals surface area contributed by atoms with Crippen molar-refractivity contribution >= 4 is 46.3 Å². The van der Waals surface area contributed by atoms with E-state index in [1.54, 1.807) is 23.1 Å². The van der Waals surface area contributed by atoms with E-state index in [1.807, 2.05) is 54.6 Å². The van der Waals surface area contributed by atoms with Gasteiger partial charge in [0, 0.05) is 21.2 Å². The summed E-state index contributed by atoms with van der Waals surface area (Å²) in [5, 5.41) is 4.34. The Morgan fingerprint density at radius 3 is 2.08 bits per heavy atom. The highest BCUT2D eigenvalue weighted by Crippen LogP contribution is 2.36. The van der Waals surface area contributed by atoms with E-state index in [9.17, 15) is 0 Å². The maximum absolute atomic E-state index is 6.03. The normalized spacial score (nSPS) is 11.0. The molecule has 2 nitrogen and oxygen atoms in total. The monoisotopic (exact) mass is 402 g/mol. The van der Waals surface area contributed by atoms with Gasteiger partial charge in [0.05, 0.1) is 15.6 Å². The number of aromatic nitrogens is 2. The first-order valence-electron chi connectivity index (χ1n) is 7.52. The van der Waals surface area contributed by atoms with Crippen molar-refractivity contribution in [3.8, 4) is 22.5 Å². The molecule has 1 N–H and O–H groups in total. The van der Waals surface area contributed by atoms with Crippen molar-refractivity contribution in [3.05, 3.63) is 76.1 Å². The highest BCUT2D eigenvalue weighted by atomic mass is 35.5. The van der Waals surface area contributed by atoms with E-state index < -0.39 is 0 Å². The van der Waals surface area contributed by atoms with Gasteiger partial charge in [0.15, 0.2) is 5.16 Å². The van der Waals surface area contributed by atoms with Crippen LogP contribution in [0, 0.1) is 0 Å². The molecule has 0 aliphatic rings. The number of benzene rings is 2. The lowest BCUT2D eigenvalue weighted by atomic mass is 10.1. The van der Waals surface area contributed by atoms with Gasteiger partial charge >= 0.3 is 0 Å². The summed E-state index contributed by atoms with van der Waals surface area (Å²) in [4.78, 5) is 8.27. The van der Waals surface area contributed by atoms with Crippen molar-refractivity contribution < 1.29 is 0 Å². The number of nitrogens with zero attached hydrogens (tertiary/aromatic N) is 1. The fourth-order valence-electron chi connectivity index (χ4n) is 2.46. The van der Waals surface area contributed by atoms with Gasteiger partial charge in [-0.15, -0.1) is 11.3 Å². The molecule has 0 spiro atoms. The molecule has 4 aromatic rings. The smallest absolute Gasteiger partial charge is 0.172 e. The van der Waals surface area contributed by atoms with Crippen LogP contribution < -0.4 is 0 Å². The molecule has 4 rings (SSSR count). The molecule has 0 bridgehead atoms. The Kier molecular flexibility index (Phi) is 4.86. The van der Waals surface area contributed by atoms with Crippen LogP contribution in [0.2, 0.25) is 10.0 Å². The Balaban J connectivity index is 1.80. The van der Waals surface area contributed by atoms with Crippen molar-refractivity contribution in [2.24, 2.45) is 0 Å². The molecule has 2 aromatic heterocycles. The number of H-pyrrole nitrogens is 1. The third kappa shape index (κ3) is 3.77. The van der Waals surface area contributed by atoms with Crippen LogP contribution >= 0.6 is 46.3 Å². The Morgan fingerprint density at radius 2 is 1.48 bits per heavy atom. The zero-order chi connectivity index (χ0) is 17.2. The summed E-state index contributed by atoms with van der Waals surface area (Å²) in [7, 11) is 0. The average molecular weight is 403 g/mol. The lowest BCUT2D eigenvalue weighted by molar-refractivity contribution is 1.06. The molecule has 0 saturated carbocycles. The molecule has 0 aliphatic heterocycles. The minimum absolute atomic E-state index is 0.709. The number of thiophene rings is 1. The molecule has 124 valence electrons. The van der Waals surface area contributed by atoms with E-state index in [0.29, 0.717) is 10.0 Å². The van der Waals surface area contributed by atoms with Gasteiger partial charge in [-0.2, -0.15) is 0 Å². The number of rotatable bonds is 4. The molecule has 0 radical (unpaired) electrons. The molecule has 0 fully saturated rings. The molecule has 0 atom stereocenters. The van der Waals surface area contributed by atoms with Crippen LogP contribution in [0.4, 0.5) is 0 Å². The molecule has 2 aromatic carbocycles. The molecule has 6 heteroatoms. The lowest BCUT2D eigenvalue weighted by Gasteiger charge is -2.03. The van der Waals surface area contributed by atoms with E-state index in [2.05, 4.69) is 16.4 Å². The van der Waals surface area contributed by atoms with Crippen LogP contribution in [0.15, 0.2) is 75.4 Å². The minimum atomic E-state index is 0.709. The summed E-state index contributed by atoms with van der Waals surface area (Å²) in [5.41, 5.74) is 3.93. The first-order valence-corrected chi connectivity index (χ1v) is 9.97. The maximum Gasteiger partial charge on any atom is 0.172 e. The highest BCUT2D eigenvalue weighted by molar-refractivity contribution is 8.01. The van der Waals surface area contributed by atoms with Gasteiger partial charge in [-0.3, -0.25) is 0 Å². The number of nitrogens with one attached hydrogen (secondary N) is 1. The minimum Gasteiger partial charge on any atom is -0.332 e. The fraction of sp³-hybridized carbons (Fsp3) is 0. The fourth-order valence-corrected chi connectivity index (χ4v) is 4.38. The second-order valence-corrected chi connectivity index (χ2v) is 8.42. The first kappa shape index (κ1) is 16.7. The standard InChI is InChI=1S/C19H12Cl2N2S2/c20-14-7-3-12(4-8-14)17-18(13-5-9-15(21)10-6-13)23-19(22-17)25-16-2-1-11-24-16/h1-11H,(H,22,23). The summed E-state index contributed by atoms with van der Waals surface area (Å²) < 4.78 is 1.19. The third-order valence-corrected chi connectivity index (χ3v) is 6.05. The van der Waals surface area contributed by atoms with Gasteiger partial charge in [-0.05, 0) is 47.5 Å². The summed E-state index contributed by atoms with van der Waals surface area (Å²) in [6.45, 7) is 0. The topological polar surface area (TPSA) is 28.7 Å². The second-order valence-electron chi connectivity index (χ2n) is 5.31. The summed E-state index contributed by atoms with van der Waals surface area (Å²) >= 11 is 15.4. The van der Waals surface area contributed by atoms with Crippen molar-refractivity contribution in [2.45, 2.75) is 9.37 Å². The number of aromatic amines is 1. The van der Waals surface area contributed by atoms with Gasteiger partial charge in [-0.1, -0.05) is 53.5 Å². The molecule has 25 heavy (non-hydrogen) atoms. The summed E-state index contributed by atoms with van der Waals surface area (Å²) in [6.07, 6.45) is 0. The van der Waals surface area contributed by atoms with Gasteiger partial charge in [0.1, 0.15) is 0 Å². The molecule has 0 saturated heterocycles. The Bertz CT molecular complexity index is 912. The predicted octanol–water partition coefficient (Wildman–Crippen LogP) is 7.26. The zero-order valence-electron chi connectivity index (χ0n) is 12.9. The van der Waals surface area contributed by atoms with E-state index in [-0.39, 0.29) is 0 Å². The van der Waals surface area contributed by atoms with Gasteiger partial charge in [0.2, 0.25) is 0 Å². The van der Waals surface area contributed by atoms with Crippen LogP contribution in [-0.4, -0.2) is 9.97 Å². The molecule has 2 heterocycles. The first-order chi connectivity index (χ1) is 12.2. The van der Waals surface area contributed by atoms with Crippen LogP contribution in [-0.2, 0) is 0 Å². The van der Waals surface area contributed by atoms with Gasteiger partial charge in [0.25, 0.3) is 0 Å². The molecular weight excluding hydrogens is 391 g/mol. The quantitative estimate of drug-likeness (QED) is 0.388. The Morgan fingerprint density at radius 1 is 0.840 bits per heavy atom. The Hall–Kier alpha value is -1.72. The van der Waals surface area contributed by atoms with Crippen molar-refractivity contribution in [1.29, 1.82) is 0 Å². The highest BCUT2D eigenvalue weighted by Gasteiger charge is 2.15. The Labute approximate surface area is 163 Å². The maximum atomic E-state index is 6.03. The van der Waals surface area contributed by atoms with Gasteiger partial charge < -0.3 is 4.98 Å². The van der Waals surface area contributed by atoms with E-state index in [4.69, 9.17) is 28.2 Å².